The zero-order valence-electron chi connectivity index (χ0n) is 10.5. The number of benzene rings is 1. The van der Waals surface area contributed by atoms with Gasteiger partial charge in [0.2, 0.25) is 5.91 Å². The standard InChI is InChI=1S/C14H20N2O/c1-10(15)7-14(17)16(2)13-8-11-5-3-4-6-12(11)9-13/h3-6,10,13H,7-9,15H2,1-2H3. The Morgan fingerprint density at radius 2 is 1.94 bits per heavy atom. The molecule has 1 unspecified atom stereocenters. The number of nitrogens with two attached hydrogens (primary N) is 1. The van der Waals surface area contributed by atoms with Crippen molar-refractivity contribution in [2.45, 2.75) is 38.3 Å². The van der Waals surface area contributed by atoms with E-state index in [1.165, 1.54) is 11.1 Å². The molecule has 0 aliphatic heterocycles. The molecule has 1 atom stereocenters. The summed E-state index contributed by atoms with van der Waals surface area (Å²) in [5.74, 6) is 0.151. The number of hydrogen-bond donors (Lipinski definition) is 1. The van der Waals surface area contributed by atoms with Gasteiger partial charge in [-0.05, 0) is 30.9 Å². The number of likely N-dealkylation sites (N-methyl/N-ethyl adjacent to an activating group) is 1. The Morgan fingerprint density at radius 3 is 2.41 bits per heavy atom. The van der Waals surface area contributed by atoms with E-state index in [9.17, 15) is 4.79 Å². The van der Waals surface area contributed by atoms with Gasteiger partial charge >= 0.3 is 0 Å². The van der Waals surface area contributed by atoms with E-state index in [0.717, 1.165) is 12.8 Å². The van der Waals surface area contributed by atoms with Gasteiger partial charge in [0, 0.05) is 25.6 Å². The second kappa shape index (κ2) is 4.88. The van der Waals surface area contributed by atoms with Crippen LogP contribution in [-0.4, -0.2) is 29.9 Å². The molecule has 0 saturated heterocycles. The Hall–Kier alpha value is -1.35. The third-order valence-corrected chi connectivity index (χ3v) is 3.47. The van der Waals surface area contributed by atoms with Gasteiger partial charge in [-0.2, -0.15) is 0 Å². The molecule has 2 rings (SSSR count). The van der Waals surface area contributed by atoms with Crippen molar-refractivity contribution >= 4 is 5.91 Å². The predicted molar refractivity (Wildman–Crippen MR) is 68.7 cm³/mol. The fourth-order valence-corrected chi connectivity index (χ4v) is 2.43. The summed E-state index contributed by atoms with van der Waals surface area (Å²) in [7, 11) is 1.89. The highest BCUT2D eigenvalue weighted by Crippen LogP contribution is 2.25. The lowest BCUT2D eigenvalue weighted by atomic mass is 10.1. The lowest BCUT2D eigenvalue weighted by Crippen LogP contribution is -2.39. The Morgan fingerprint density at radius 1 is 1.41 bits per heavy atom. The van der Waals surface area contributed by atoms with Crippen LogP contribution < -0.4 is 5.73 Å². The van der Waals surface area contributed by atoms with Crippen molar-refractivity contribution in [2.24, 2.45) is 5.73 Å². The highest BCUT2D eigenvalue weighted by molar-refractivity contribution is 5.77. The Bertz CT molecular complexity index is 389. The molecule has 1 aliphatic rings. The SMILES string of the molecule is CC(N)CC(=O)N(C)C1Cc2ccccc2C1. The maximum Gasteiger partial charge on any atom is 0.224 e. The van der Waals surface area contributed by atoms with E-state index < -0.39 is 0 Å². The largest absolute Gasteiger partial charge is 0.342 e. The van der Waals surface area contributed by atoms with E-state index in [4.69, 9.17) is 5.73 Å². The molecule has 3 nitrogen and oxygen atoms in total. The van der Waals surface area contributed by atoms with Crippen LogP contribution in [0.15, 0.2) is 24.3 Å². The van der Waals surface area contributed by atoms with Gasteiger partial charge in [-0.3, -0.25) is 4.79 Å². The van der Waals surface area contributed by atoms with Crippen LogP contribution in [0.2, 0.25) is 0 Å². The minimum absolute atomic E-state index is 0.0614. The maximum absolute atomic E-state index is 11.9. The van der Waals surface area contributed by atoms with Crippen molar-refractivity contribution < 1.29 is 4.79 Å². The lowest BCUT2D eigenvalue weighted by Gasteiger charge is -2.25. The van der Waals surface area contributed by atoms with E-state index in [2.05, 4.69) is 24.3 Å². The monoisotopic (exact) mass is 232 g/mol. The molecule has 1 amide bonds. The normalized spacial score (nSPS) is 16.6. The zero-order chi connectivity index (χ0) is 12.4. The fraction of sp³-hybridized carbons (Fsp3) is 0.500. The predicted octanol–water partition coefficient (Wildman–Crippen LogP) is 1.35. The summed E-state index contributed by atoms with van der Waals surface area (Å²) in [5, 5.41) is 0. The van der Waals surface area contributed by atoms with Gasteiger partial charge in [0.1, 0.15) is 0 Å². The van der Waals surface area contributed by atoms with Crippen LogP contribution in [0.25, 0.3) is 0 Å². The van der Waals surface area contributed by atoms with Gasteiger partial charge < -0.3 is 10.6 Å². The highest BCUT2D eigenvalue weighted by atomic mass is 16.2. The first kappa shape index (κ1) is 12.1. The minimum atomic E-state index is -0.0614. The van der Waals surface area contributed by atoms with Crippen molar-refractivity contribution in [3.05, 3.63) is 35.4 Å². The first-order valence-electron chi connectivity index (χ1n) is 6.16. The van der Waals surface area contributed by atoms with Gasteiger partial charge in [-0.25, -0.2) is 0 Å². The molecule has 2 N–H and O–H groups in total. The van der Waals surface area contributed by atoms with Gasteiger partial charge in [-0.1, -0.05) is 24.3 Å². The first-order chi connectivity index (χ1) is 8.08. The van der Waals surface area contributed by atoms with Crippen LogP contribution >= 0.6 is 0 Å². The quantitative estimate of drug-likeness (QED) is 0.855. The average Bonchev–Trinajstić information content (AvgIpc) is 2.70. The van der Waals surface area contributed by atoms with Crippen LogP contribution in [0, 0.1) is 0 Å². The molecule has 0 saturated carbocycles. The van der Waals surface area contributed by atoms with Crippen LogP contribution in [-0.2, 0) is 17.6 Å². The fourth-order valence-electron chi connectivity index (χ4n) is 2.43. The molecule has 0 radical (unpaired) electrons. The summed E-state index contributed by atoms with van der Waals surface area (Å²) in [6, 6.07) is 8.67. The van der Waals surface area contributed by atoms with Gasteiger partial charge in [0.15, 0.2) is 0 Å². The molecule has 0 aromatic heterocycles. The average molecular weight is 232 g/mol. The maximum atomic E-state index is 11.9. The van der Waals surface area contributed by atoms with E-state index >= 15 is 0 Å². The molecule has 0 spiro atoms. The van der Waals surface area contributed by atoms with Crippen LogP contribution in [0.5, 0.6) is 0 Å². The first-order valence-corrected chi connectivity index (χ1v) is 6.16. The smallest absolute Gasteiger partial charge is 0.224 e. The summed E-state index contributed by atoms with van der Waals surface area (Å²) in [6.07, 6.45) is 2.37. The molecule has 1 aromatic rings. The molecular weight excluding hydrogens is 212 g/mol. The molecule has 1 aliphatic carbocycles. The van der Waals surface area contributed by atoms with Crippen LogP contribution in [0.1, 0.15) is 24.5 Å². The Balaban J connectivity index is 2.00. The zero-order valence-corrected chi connectivity index (χ0v) is 10.5. The molecule has 0 bridgehead atoms. The Labute approximate surface area is 103 Å². The number of amides is 1. The molecule has 17 heavy (non-hydrogen) atoms. The van der Waals surface area contributed by atoms with Gasteiger partial charge in [0.25, 0.3) is 0 Å². The van der Waals surface area contributed by atoms with E-state index in [1.54, 1.807) is 0 Å². The third kappa shape index (κ3) is 2.67. The third-order valence-electron chi connectivity index (χ3n) is 3.47. The van der Waals surface area contributed by atoms with Crippen LogP contribution in [0.4, 0.5) is 0 Å². The number of carbonyl (C=O) groups excluding carboxylic acids is 1. The number of rotatable bonds is 3. The summed E-state index contributed by atoms with van der Waals surface area (Å²) in [6.45, 7) is 1.87. The topological polar surface area (TPSA) is 46.3 Å². The highest BCUT2D eigenvalue weighted by Gasteiger charge is 2.27. The summed E-state index contributed by atoms with van der Waals surface area (Å²) >= 11 is 0. The van der Waals surface area contributed by atoms with Crippen molar-refractivity contribution in [1.82, 2.24) is 4.90 Å². The molecule has 0 fully saturated rings. The van der Waals surface area contributed by atoms with E-state index in [0.29, 0.717) is 12.5 Å². The van der Waals surface area contributed by atoms with E-state index in [1.807, 2.05) is 18.9 Å². The number of fused-ring (bicyclic) bond motifs is 1. The molecular formula is C14H20N2O. The number of carbonyl (C=O) groups is 1. The molecule has 1 aromatic carbocycles. The second-order valence-corrected chi connectivity index (χ2v) is 5.02. The van der Waals surface area contributed by atoms with Gasteiger partial charge in [0.05, 0.1) is 0 Å². The van der Waals surface area contributed by atoms with Crippen molar-refractivity contribution in [3.63, 3.8) is 0 Å². The van der Waals surface area contributed by atoms with Crippen molar-refractivity contribution in [3.8, 4) is 0 Å². The molecule has 92 valence electrons. The van der Waals surface area contributed by atoms with Crippen LogP contribution in [0.3, 0.4) is 0 Å². The number of nitrogens with zero attached hydrogens (tertiary/aromatic N) is 1. The summed E-state index contributed by atoms with van der Waals surface area (Å²) in [4.78, 5) is 13.8. The minimum Gasteiger partial charge on any atom is -0.342 e. The molecule has 0 heterocycles. The Kier molecular flexibility index (Phi) is 3.48. The summed E-state index contributed by atoms with van der Waals surface area (Å²) in [5.41, 5.74) is 8.41. The lowest BCUT2D eigenvalue weighted by molar-refractivity contribution is -0.132. The van der Waals surface area contributed by atoms with Crippen molar-refractivity contribution in [1.29, 1.82) is 0 Å². The number of hydrogen-bond acceptors (Lipinski definition) is 2. The van der Waals surface area contributed by atoms with E-state index in [-0.39, 0.29) is 11.9 Å². The van der Waals surface area contributed by atoms with Gasteiger partial charge in [-0.15, -0.1) is 0 Å². The molecule has 3 heteroatoms. The summed E-state index contributed by atoms with van der Waals surface area (Å²) < 4.78 is 0. The van der Waals surface area contributed by atoms with Crippen molar-refractivity contribution in [2.75, 3.05) is 7.05 Å². The second-order valence-electron chi connectivity index (χ2n) is 5.02.